The molecule has 0 saturated carbocycles. The Hall–Kier alpha value is -1.30. The zero-order chi connectivity index (χ0) is 8.55. The smallest absolute Gasteiger partial charge is 0.298 e. The van der Waals surface area contributed by atoms with E-state index in [2.05, 4.69) is 35.9 Å². The molecule has 0 aliphatic carbocycles. The quantitative estimate of drug-likeness (QED) is 0.664. The first kappa shape index (κ1) is 7.35. The molecule has 0 amide bonds. The van der Waals surface area contributed by atoms with Gasteiger partial charge >= 0.3 is 5.69 Å². The maximum absolute atomic E-state index is 10.8. The predicted octanol–water partition coefficient (Wildman–Crippen LogP) is 0.476. The molecule has 2 aromatic rings. The van der Waals surface area contributed by atoms with Gasteiger partial charge in [0.15, 0.2) is 5.65 Å². The standard InChI is InChI=1S/C6H3BrN4O/c7-4-3-5(9-2-1-8-3)11-6(12)10-4/h1-2H,(H,9,10,11,12). The lowest BCUT2D eigenvalue weighted by Crippen LogP contribution is -2.11. The maximum atomic E-state index is 10.8. The molecular weight excluding hydrogens is 224 g/mol. The maximum Gasteiger partial charge on any atom is 0.347 e. The summed E-state index contributed by atoms with van der Waals surface area (Å²) in [6, 6.07) is 0. The number of nitrogens with zero attached hydrogens (tertiary/aromatic N) is 3. The first-order valence-electron chi connectivity index (χ1n) is 3.14. The molecule has 0 radical (unpaired) electrons. The van der Waals surface area contributed by atoms with Crippen LogP contribution in [0.4, 0.5) is 0 Å². The van der Waals surface area contributed by atoms with Gasteiger partial charge in [-0.25, -0.2) is 14.8 Å². The molecule has 2 aromatic heterocycles. The van der Waals surface area contributed by atoms with Crippen LogP contribution in [0.15, 0.2) is 21.8 Å². The zero-order valence-corrected chi connectivity index (χ0v) is 7.37. The second kappa shape index (κ2) is 2.63. The van der Waals surface area contributed by atoms with Crippen molar-refractivity contribution in [2.75, 3.05) is 0 Å². The lowest BCUT2D eigenvalue weighted by atomic mass is 10.5. The number of nitrogens with one attached hydrogen (secondary N) is 1. The summed E-state index contributed by atoms with van der Waals surface area (Å²) in [6.45, 7) is 0. The molecule has 6 heteroatoms. The lowest BCUT2D eigenvalue weighted by molar-refractivity contribution is 1.06. The molecule has 60 valence electrons. The number of hydrogen-bond donors (Lipinski definition) is 1. The summed E-state index contributed by atoms with van der Waals surface area (Å²) in [5, 5.41) is 0. The summed E-state index contributed by atoms with van der Waals surface area (Å²) in [4.78, 5) is 24.8. The number of aromatic nitrogens is 4. The third kappa shape index (κ3) is 1.10. The molecule has 0 atom stereocenters. The third-order valence-corrected chi connectivity index (χ3v) is 1.88. The Morgan fingerprint density at radius 1 is 1.33 bits per heavy atom. The fourth-order valence-corrected chi connectivity index (χ4v) is 1.29. The Labute approximate surface area is 75.0 Å². The van der Waals surface area contributed by atoms with E-state index < -0.39 is 5.69 Å². The number of aromatic amines is 1. The van der Waals surface area contributed by atoms with Gasteiger partial charge in [0.05, 0.1) is 0 Å². The molecule has 0 aromatic carbocycles. The van der Waals surface area contributed by atoms with Gasteiger partial charge in [-0.15, -0.1) is 0 Å². The average molecular weight is 227 g/mol. The van der Waals surface area contributed by atoms with Gasteiger partial charge in [-0.3, -0.25) is 4.98 Å². The van der Waals surface area contributed by atoms with Crippen molar-refractivity contribution in [3.05, 3.63) is 27.5 Å². The lowest BCUT2D eigenvalue weighted by Gasteiger charge is -1.94. The van der Waals surface area contributed by atoms with Crippen molar-refractivity contribution in [3.63, 3.8) is 0 Å². The zero-order valence-electron chi connectivity index (χ0n) is 5.78. The molecule has 0 aliphatic heterocycles. The molecule has 0 bridgehead atoms. The van der Waals surface area contributed by atoms with E-state index in [0.29, 0.717) is 15.8 Å². The number of hydrogen-bond acceptors (Lipinski definition) is 4. The minimum absolute atomic E-state index is 0.341. The van der Waals surface area contributed by atoms with Gasteiger partial charge in [0, 0.05) is 12.4 Å². The van der Waals surface area contributed by atoms with Crippen molar-refractivity contribution in [3.8, 4) is 0 Å². The summed E-state index contributed by atoms with van der Waals surface area (Å²) < 4.78 is 0.505. The fourth-order valence-electron chi connectivity index (χ4n) is 0.845. The Morgan fingerprint density at radius 2 is 2.08 bits per heavy atom. The van der Waals surface area contributed by atoms with Crippen LogP contribution in [0, 0.1) is 0 Å². The van der Waals surface area contributed by atoms with Crippen LogP contribution in [-0.4, -0.2) is 19.9 Å². The van der Waals surface area contributed by atoms with Gasteiger partial charge in [-0.2, -0.15) is 4.98 Å². The Balaban J connectivity index is 2.99. The molecule has 0 aliphatic rings. The van der Waals surface area contributed by atoms with Crippen LogP contribution in [-0.2, 0) is 0 Å². The first-order chi connectivity index (χ1) is 5.77. The largest absolute Gasteiger partial charge is 0.347 e. The van der Waals surface area contributed by atoms with E-state index in [1.54, 1.807) is 0 Å². The Bertz CT molecular complexity index is 480. The van der Waals surface area contributed by atoms with Crippen LogP contribution >= 0.6 is 15.9 Å². The summed E-state index contributed by atoms with van der Waals surface area (Å²) in [6.07, 6.45) is 3.02. The molecule has 0 fully saturated rings. The van der Waals surface area contributed by atoms with E-state index >= 15 is 0 Å². The first-order valence-corrected chi connectivity index (χ1v) is 3.93. The van der Waals surface area contributed by atoms with Crippen LogP contribution in [0.3, 0.4) is 0 Å². The van der Waals surface area contributed by atoms with E-state index in [-0.39, 0.29) is 0 Å². The molecule has 0 spiro atoms. The predicted molar refractivity (Wildman–Crippen MR) is 45.7 cm³/mol. The molecule has 2 heterocycles. The van der Waals surface area contributed by atoms with Crippen LogP contribution in [0.2, 0.25) is 0 Å². The van der Waals surface area contributed by atoms with E-state index in [1.165, 1.54) is 12.4 Å². The SMILES string of the molecule is O=c1nc2nccnc2c(Br)[nH]1. The van der Waals surface area contributed by atoms with Crippen LogP contribution in [0.5, 0.6) is 0 Å². The molecule has 0 unspecified atom stereocenters. The van der Waals surface area contributed by atoms with E-state index in [1.807, 2.05) is 0 Å². The topological polar surface area (TPSA) is 71.5 Å². The number of H-pyrrole nitrogens is 1. The van der Waals surface area contributed by atoms with Crippen LogP contribution < -0.4 is 5.69 Å². The molecule has 5 nitrogen and oxygen atoms in total. The van der Waals surface area contributed by atoms with Gasteiger partial charge in [0.2, 0.25) is 0 Å². The molecule has 2 rings (SSSR count). The normalized spacial score (nSPS) is 10.4. The molecule has 1 N–H and O–H groups in total. The van der Waals surface area contributed by atoms with Crippen molar-refractivity contribution < 1.29 is 0 Å². The van der Waals surface area contributed by atoms with Gasteiger partial charge in [-0.1, -0.05) is 0 Å². The van der Waals surface area contributed by atoms with Gasteiger partial charge in [-0.05, 0) is 15.9 Å². The third-order valence-electron chi connectivity index (χ3n) is 1.31. The van der Waals surface area contributed by atoms with Crippen molar-refractivity contribution in [1.82, 2.24) is 19.9 Å². The summed E-state index contributed by atoms with van der Waals surface area (Å²) in [5.74, 6) is 0. The Kier molecular flexibility index (Phi) is 1.61. The molecule has 12 heavy (non-hydrogen) atoms. The van der Waals surface area contributed by atoms with Crippen molar-refractivity contribution >= 4 is 27.1 Å². The van der Waals surface area contributed by atoms with Gasteiger partial charge in [0.1, 0.15) is 10.1 Å². The van der Waals surface area contributed by atoms with Crippen molar-refractivity contribution in [1.29, 1.82) is 0 Å². The second-order valence-corrected chi connectivity index (χ2v) is 2.88. The van der Waals surface area contributed by atoms with Gasteiger partial charge in [0.25, 0.3) is 0 Å². The fraction of sp³-hybridized carbons (Fsp3) is 0. The van der Waals surface area contributed by atoms with Crippen molar-refractivity contribution in [2.24, 2.45) is 0 Å². The Morgan fingerprint density at radius 3 is 2.92 bits per heavy atom. The summed E-state index contributed by atoms with van der Waals surface area (Å²) in [5.41, 5.74) is 0.458. The van der Waals surface area contributed by atoms with Crippen molar-refractivity contribution in [2.45, 2.75) is 0 Å². The highest BCUT2D eigenvalue weighted by Crippen LogP contribution is 2.12. The van der Waals surface area contributed by atoms with Crippen LogP contribution in [0.1, 0.15) is 0 Å². The second-order valence-electron chi connectivity index (χ2n) is 2.08. The minimum Gasteiger partial charge on any atom is -0.298 e. The molecule has 0 saturated heterocycles. The minimum atomic E-state index is -0.435. The number of rotatable bonds is 0. The average Bonchev–Trinajstić information content (AvgIpc) is 2.04. The van der Waals surface area contributed by atoms with Gasteiger partial charge < -0.3 is 0 Å². The van der Waals surface area contributed by atoms with E-state index in [4.69, 9.17) is 0 Å². The highest BCUT2D eigenvalue weighted by atomic mass is 79.9. The van der Waals surface area contributed by atoms with E-state index in [0.717, 1.165) is 0 Å². The summed E-state index contributed by atoms with van der Waals surface area (Å²) in [7, 11) is 0. The van der Waals surface area contributed by atoms with Crippen LogP contribution in [0.25, 0.3) is 11.2 Å². The summed E-state index contributed by atoms with van der Waals surface area (Å²) >= 11 is 3.15. The highest BCUT2D eigenvalue weighted by Gasteiger charge is 2.02. The highest BCUT2D eigenvalue weighted by molar-refractivity contribution is 9.10. The van der Waals surface area contributed by atoms with E-state index in [9.17, 15) is 4.79 Å². The monoisotopic (exact) mass is 226 g/mol. The number of fused-ring (bicyclic) bond motifs is 1. The number of halogens is 1. The molecular formula is C6H3BrN4O.